The number of likely N-dealkylation sites (N-methyl/N-ethyl adjacent to an activating group) is 1. The third-order valence-corrected chi connectivity index (χ3v) is 4.79. The number of methoxy groups -OCH3 is 1. The first-order valence-electron chi connectivity index (χ1n) is 8.70. The van der Waals surface area contributed by atoms with E-state index in [0.29, 0.717) is 6.54 Å². The maximum Gasteiger partial charge on any atom is 0.339 e. The third kappa shape index (κ3) is 3.27. The van der Waals surface area contributed by atoms with E-state index >= 15 is 0 Å². The van der Waals surface area contributed by atoms with Crippen LogP contribution in [0.3, 0.4) is 0 Å². The molecule has 0 aromatic heterocycles. The molecule has 0 N–H and O–H groups in total. The molecule has 0 radical (unpaired) electrons. The molecule has 0 bridgehead atoms. The normalized spacial score (nSPS) is 13.9. The van der Waals surface area contributed by atoms with Crippen LogP contribution in [0.2, 0.25) is 0 Å². The van der Waals surface area contributed by atoms with Gasteiger partial charge in [-0.3, -0.25) is 9.59 Å². The standard InChI is InChI=1S/C21H19ClN2O4/c1-4-23(14-9-7-8-13(2)12-14)18-17(22)19(25)24(20(18)26)16-11-6-5-10-15(16)21(27)28-3/h5-12H,4H2,1-3H3. The number of halogens is 1. The highest BCUT2D eigenvalue weighted by Crippen LogP contribution is 2.35. The summed E-state index contributed by atoms with van der Waals surface area (Å²) in [7, 11) is 1.24. The van der Waals surface area contributed by atoms with Crippen molar-refractivity contribution in [1.29, 1.82) is 0 Å². The van der Waals surface area contributed by atoms with E-state index in [0.717, 1.165) is 16.2 Å². The van der Waals surface area contributed by atoms with Gasteiger partial charge in [0.15, 0.2) is 0 Å². The van der Waals surface area contributed by atoms with Crippen molar-refractivity contribution in [1.82, 2.24) is 0 Å². The fraction of sp³-hybridized carbons (Fsp3) is 0.190. The molecule has 0 atom stereocenters. The highest BCUT2D eigenvalue weighted by Gasteiger charge is 2.42. The van der Waals surface area contributed by atoms with Crippen LogP contribution < -0.4 is 9.80 Å². The third-order valence-electron chi connectivity index (χ3n) is 4.45. The molecule has 3 rings (SSSR count). The maximum absolute atomic E-state index is 13.2. The number of ether oxygens (including phenoxy) is 1. The van der Waals surface area contributed by atoms with Gasteiger partial charge in [-0.2, -0.15) is 0 Å². The topological polar surface area (TPSA) is 66.9 Å². The number of carbonyl (C=O) groups excluding carboxylic acids is 3. The fourth-order valence-electron chi connectivity index (χ4n) is 3.16. The molecule has 7 heteroatoms. The minimum Gasteiger partial charge on any atom is -0.465 e. The van der Waals surface area contributed by atoms with Crippen LogP contribution >= 0.6 is 11.6 Å². The predicted molar refractivity (Wildman–Crippen MR) is 107 cm³/mol. The van der Waals surface area contributed by atoms with Gasteiger partial charge >= 0.3 is 5.97 Å². The Morgan fingerprint density at radius 2 is 1.82 bits per heavy atom. The number of amides is 2. The molecule has 1 heterocycles. The van der Waals surface area contributed by atoms with E-state index in [1.807, 2.05) is 38.1 Å². The highest BCUT2D eigenvalue weighted by atomic mass is 35.5. The summed E-state index contributed by atoms with van der Waals surface area (Å²) < 4.78 is 4.77. The Bertz CT molecular complexity index is 999. The number of rotatable bonds is 5. The number of imide groups is 1. The molecule has 6 nitrogen and oxygen atoms in total. The SMILES string of the molecule is CCN(C1=C(Cl)C(=O)N(c2ccccc2C(=O)OC)C1=O)c1cccc(C)c1. The van der Waals surface area contributed by atoms with Crippen LogP contribution in [0.5, 0.6) is 0 Å². The van der Waals surface area contributed by atoms with Crippen molar-refractivity contribution in [2.75, 3.05) is 23.5 Å². The molecule has 2 amide bonds. The van der Waals surface area contributed by atoms with Gasteiger partial charge in [0, 0.05) is 12.2 Å². The summed E-state index contributed by atoms with van der Waals surface area (Å²) in [5.41, 5.74) is 2.09. The van der Waals surface area contributed by atoms with Gasteiger partial charge in [-0.25, -0.2) is 9.69 Å². The molecule has 28 heavy (non-hydrogen) atoms. The Morgan fingerprint density at radius 1 is 1.11 bits per heavy atom. The fourth-order valence-corrected chi connectivity index (χ4v) is 3.43. The summed E-state index contributed by atoms with van der Waals surface area (Å²) in [6.07, 6.45) is 0. The molecule has 144 valence electrons. The number of aryl methyl sites for hydroxylation is 1. The highest BCUT2D eigenvalue weighted by molar-refractivity contribution is 6.53. The summed E-state index contributed by atoms with van der Waals surface area (Å²) in [5, 5.41) is -0.187. The first-order valence-corrected chi connectivity index (χ1v) is 9.08. The van der Waals surface area contributed by atoms with Crippen LogP contribution in [0, 0.1) is 6.92 Å². The minimum atomic E-state index is -0.677. The molecule has 0 spiro atoms. The quantitative estimate of drug-likeness (QED) is 0.568. The zero-order valence-corrected chi connectivity index (χ0v) is 16.5. The summed E-state index contributed by atoms with van der Waals surface area (Å²) in [6, 6.07) is 13.8. The van der Waals surface area contributed by atoms with Gasteiger partial charge in [0.05, 0.1) is 18.4 Å². The molecule has 0 saturated carbocycles. The van der Waals surface area contributed by atoms with E-state index in [4.69, 9.17) is 16.3 Å². The van der Waals surface area contributed by atoms with Crippen LogP contribution in [0.15, 0.2) is 59.3 Å². The maximum atomic E-state index is 13.2. The van der Waals surface area contributed by atoms with Crippen LogP contribution in [0.25, 0.3) is 0 Å². The number of anilines is 2. The number of hydrogen-bond donors (Lipinski definition) is 0. The van der Waals surface area contributed by atoms with E-state index in [-0.39, 0.29) is 22.0 Å². The van der Waals surface area contributed by atoms with E-state index < -0.39 is 17.8 Å². The average Bonchev–Trinajstić information content (AvgIpc) is 2.91. The van der Waals surface area contributed by atoms with Crippen molar-refractivity contribution in [3.63, 3.8) is 0 Å². The van der Waals surface area contributed by atoms with E-state index in [2.05, 4.69) is 0 Å². The zero-order chi connectivity index (χ0) is 20.4. The van der Waals surface area contributed by atoms with Crippen molar-refractivity contribution < 1.29 is 19.1 Å². The summed E-state index contributed by atoms with van der Waals surface area (Å²) in [6.45, 7) is 4.23. The van der Waals surface area contributed by atoms with Crippen LogP contribution in [0.1, 0.15) is 22.8 Å². The Kier molecular flexibility index (Phi) is 5.51. The lowest BCUT2D eigenvalue weighted by Crippen LogP contribution is -2.36. The smallest absolute Gasteiger partial charge is 0.339 e. The molecule has 0 saturated heterocycles. The monoisotopic (exact) mass is 398 g/mol. The van der Waals surface area contributed by atoms with Crippen LogP contribution in [-0.2, 0) is 14.3 Å². The van der Waals surface area contributed by atoms with Gasteiger partial charge in [-0.1, -0.05) is 35.9 Å². The Hall–Kier alpha value is -3.12. The van der Waals surface area contributed by atoms with E-state index in [9.17, 15) is 14.4 Å². The summed E-state index contributed by atoms with van der Waals surface area (Å²) in [4.78, 5) is 40.8. The van der Waals surface area contributed by atoms with Crippen molar-refractivity contribution >= 4 is 40.8 Å². The second-order valence-electron chi connectivity index (χ2n) is 6.20. The van der Waals surface area contributed by atoms with E-state index in [1.165, 1.54) is 19.2 Å². The minimum absolute atomic E-state index is 0.0828. The van der Waals surface area contributed by atoms with E-state index in [1.54, 1.807) is 17.0 Å². The molecule has 2 aromatic rings. The molecular formula is C21H19ClN2O4. The Labute approximate surface area is 167 Å². The lowest BCUT2D eigenvalue weighted by Gasteiger charge is -2.25. The number of para-hydroxylation sites is 1. The largest absolute Gasteiger partial charge is 0.465 e. The number of esters is 1. The lowest BCUT2D eigenvalue weighted by atomic mass is 10.1. The van der Waals surface area contributed by atoms with Crippen molar-refractivity contribution in [3.8, 4) is 0 Å². The molecule has 1 aliphatic heterocycles. The molecule has 0 aliphatic carbocycles. The number of benzene rings is 2. The Morgan fingerprint density at radius 3 is 2.46 bits per heavy atom. The molecule has 0 fully saturated rings. The number of carbonyl (C=O) groups is 3. The van der Waals surface area contributed by atoms with Gasteiger partial charge in [0.2, 0.25) is 0 Å². The molecule has 2 aromatic carbocycles. The predicted octanol–water partition coefficient (Wildman–Crippen LogP) is 3.63. The van der Waals surface area contributed by atoms with Crippen LogP contribution in [0.4, 0.5) is 11.4 Å². The lowest BCUT2D eigenvalue weighted by molar-refractivity contribution is -0.120. The van der Waals surface area contributed by atoms with Crippen LogP contribution in [-0.4, -0.2) is 31.4 Å². The van der Waals surface area contributed by atoms with Gasteiger partial charge in [0.1, 0.15) is 10.7 Å². The molecular weight excluding hydrogens is 380 g/mol. The van der Waals surface area contributed by atoms with Crippen molar-refractivity contribution in [2.24, 2.45) is 0 Å². The summed E-state index contributed by atoms with van der Waals surface area (Å²) >= 11 is 6.31. The second kappa shape index (κ2) is 7.86. The molecule has 0 unspecified atom stereocenters. The number of nitrogens with zero attached hydrogens (tertiary/aromatic N) is 2. The van der Waals surface area contributed by atoms with Gasteiger partial charge in [0.25, 0.3) is 11.8 Å². The summed E-state index contributed by atoms with van der Waals surface area (Å²) in [5.74, 6) is -1.91. The Balaban J connectivity index is 2.07. The average molecular weight is 399 g/mol. The first-order chi connectivity index (χ1) is 13.4. The van der Waals surface area contributed by atoms with Gasteiger partial charge < -0.3 is 9.64 Å². The van der Waals surface area contributed by atoms with Crippen molar-refractivity contribution in [2.45, 2.75) is 13.8 Å². The second-order valence-corrected chi connectivity index (χ2v) is 6.58. The zero-order valence-electron chi connectivity index (χ0n) is 15.7. The van der Waals surface area contributed by atoms with Gasteiger partial charge in [-0.05, 0) is 43.7 Å². The van der Waals surface area contributed by atoms with Gasteiger partial charge in [-0.15, -0.1) is 0 Å². The molecule has 1 aliphatic rings. The first kappa shape index (κ1) is 19.6. The van der Waals surface area contributed by atoms with Crippen molar-refractivity contribution in [3.05, 3.63) is 70.4 Å². The number of hydrogen-bond acceptors (Lipinski definition) is 5.